The van der Waals surface area contributed by atoms with Gasteiger partial charge in [-0.25, -0.2) is 4.79 Å². The minimum absolute atomic E-state index is 0.0643. The van der Waals surface area contributed by atoms with Crippen molar-refractivity contribution in [2.24, 2.45) is 5.41 Å². The van der Waals surface area contributed by atoms with E-state index >= 15 is 0 Å². The second-order valence-electron chi connectivity index (χ2n) is 5.95. The van der Waals surface area contributed by atoms with Crippen LogP contribution in [0.15, 0.2) is 24.3 Å². The van der Waals surface area contributed by atoms with Crippen molar-refractivity contribution >= 4 is 5.97 Å². The fraction of sp³-hybridized carbons (Fsp3) is 0.706. The van der Waals surface area contributed by atoms with Crippen molar-refractivity contribution in [1.82, 2.24) is 0 Å². The third-order valence-corrected chi connectivity index (χ3v) is 4.42. The molecule has 0 saturated heterocycles. The zero-order valence-corrected chi connectivity index (χ0v) is 13.6. The lowest BCUT2D eigenvalue weighted by Gasteiger charge is -2.46. The van der Waals surface area contributed by atoms with Crippen LogP contribution in [0.1, 0.15) is 67.2 Å². The van der Waals surface area contributed by atoms with Crippen LogP contribution in [-0.4, -0.2) is 11.6 Å². The maximum Gasteiger partial charge on any atom is 0.333 e. The van der Waals surface area contributed by atoms with Gasteiger partial charge in [0.05, 0.1) is 0 Å². The predicted octanol–water partition coefficient (Wildman–Crippen LogP) is 5.05. The number of hydrogen-bond acceptors (Lipinski definition) is 2. The summed E-state index contributed by atoms with van der Waals surface area (Å²) in [6.07, 6.45) is 3.78. The molecule has 0 bridgehead atoms. The Labute approximate surface area is 118 Å². The Bertz CT molecular complexity index is 346. The summed E-state index contributed by atoms with van der Waals surface area (Å²) >= 11 is 0. The monoisotopic (exact) mass is 266 g/mol. The van der Waals surface area contributed by atoms with Gasteiger partial charge in [-0.3, -0.25) is 0 Å². The molecule has 0 aromatic rings. The molecule has 19 heavy (non-hydrogen) atoms. The summed E-state index contributed by atoms with van der Waals surface area (Å²) in [6, 6.07) is 0. The van der Waals surface area contributed by atoms with Crippen LogP contribution in [0.2, 0.25) is 0 Å². The van der Waals surface area contributed by atoms with Gasteiger partial charge >= 0.3 is 5.97 Å². The van der Waals surface area contributed by atoms with Gasteiger partial charge in [-0.2, -0.15) is 0 Å². The minimum Gasteiger partial charge on any atom is -0.456 e. The molecule has 0 N–H and O–H groups in total. The fourth-order valence-corrected chi connectivity index (χ4v) is 2.59. The van der Waals surface area contributed by atoms with E-state index in [1.165, 1.54) is 5.57 Å². The summed E-state index contributed by atoms with van der Waals surface area (Å²) in [5, 5.41) is 0. The second kappa shape index (κ2) is 6.93. The van der Waals surface area contributed by atoms with Crippen molar-refractivity contribution in [3.8, 4) is 0 Å². The Kier molecular flexibility index (Phi) is 6.54. The molecule has 0 saturated carbocycles. The number of esters is 1. The Morgan fingerprint density at radius 2 is 1.58 bits per heavy atom. The summed E-state index contributed by atoms with van der Waals surface area (Å²) in [5.41, 5.74) is 1.07. The predicted molar refractivity (Wildman–Crippen MR) is 82.0 cm³/mol. The highest BCUT2D eigenvalue weighted by Crippen LogP contribution is 2.46. The van der Waals surface area contributed by atoms with E-state index in [4.69, 9.17) is 4.74 Å². The summed E-state index contributed by atoms with van der Waals surface area (Å²) in [4.78, 5) is 11.8. The first kappa shape index (κ1) is 17.9. The molecule has 110 valence electrons. The molecule has 0 aliphatic rings. The van der Waals surface area contributed by atoms with Crippen LogP contribution in [-0.2, 0) is 9.53 Å². The van der Waals surface area contributed by atoms with E-state index in [1.807, 2.05) is 13.8 Å². The molecule has 0 aromatic carbocycles. The highest BCUT2D eigenvalue weighted by Gasteiger charge is 2.45. The lowest BCUT2D eigenvalue weighted by molar-refractivity contribution is -0.167. The molecular formula is C17H30O2. The highest BCUT2D eigenvalue weighted by atomic mass is 16.6. The quantitative estimate of drug-likeness (QED) is 0.349. The minimum atomic E-state index is -0.523. The van der Waals surface area contributed by atoms with Gasteiger partial charge < -0.3 is 4.74 Å². The van der Waals surface area contributed by atoms with Crippen molar-refractivity contribution < 1.29 is 9.53 Å². The van der Waals surface area contributed by atoms with Gasteiger partial charge in [0, 0.05) is 11.0 Å². The zero-order valence-electron chi connectivity index (χ0n) is 13.6. The molecule has 2 heteroatoms. The largest absolute Gasteiger partial charge is 0.456 e. The summed E-state index contributed by atoms with van der Waals surface area (Å²) < 4.78 is 5.71. The molecule has 0 rings (SSSR count). The zero-order chi connectivity index (χ0) is 15.3. The molecule has 0 aliphatic carbocycles. The van der Waals surface area contributed by atoms with E-state index in [0.29, 0.717) is 5.57 Å². The lowest BCUT2D eigenvalue weighted by Crippen LogP contribution is -2.46. The average molecular weight is 266 g/mol. The molecule has 2 nitrogen and oxygen atoms in total. The molecule has 0 unspecified atom stereocenters. The van der Waals surface area contributed by atoms with Crippen molar-refractivity contribution in [3.63, 3.8) is 0 Å². The van der Waals surface area contributed by atoms with Crippen LogP contribution in [0.5, 0.6) is 0 Å². The highest BCUT2D eigenvalue weighted by molar-refractivity contribution is 5.87. The third-order valence-electron chi connectivity index (χ3n) is 4.42. The Morgan fingerprint density at radius 3 is 1.89 bits per heavy atom. The lowest BCUT2D eigenvalue weighted by atomic mass is 9.66. The molecule has 0 heterocycles. The fourth-order valence-electron chi connectivity index (χ4n) is 2.59. The van der Waals surface area contributed by atoms with Gasteiger partial charge in [-0.15, -0.1) is 0 Å². The van der Waals surface area contributed by atoms with Crippen molar-refractivity contribution in [2.75, 3.05) is 0 Å². The van der Waals surface area contributed by atoms with E-state index in [9.17, 15) is 4.79 Å². The van der Waals surface area contributed by atoms with Gasteiger partial charge in [0.2, 0.25) is 0 Å². The van der Waals surface area contributed by atoms with Crippen LogP contribution in [0.4, 0.5) is 0 Å². The van der Waals surface area contributed by atoms with E-state index < -0.39 is 5.60 Å². The summed E-state index contributed by atoms with van der Waals surface area (Å²) in [6.45, 7) is 19.9. The average Bonchev–Trinajstić information content (AvgIpc) is 2.34. The Hall–Kier alpha value is -1.05. The first-order valence-corrected chi connectivity index (χ1v) is 7.21. The maximum atomic E-state index is 11.8. The van der Waals surface area contributed by atoms with Gasteiger partial charge in [-0.1, -0.05) is 39.5 Å². The van der Waals surface area contributed by atoms with Crippen LogP contribution in [0.25, 0.3) is 0 Å². The smallest absolute Gasteiger partial charge is 0.333 e. The maximum absolute atomic E-state index is 11.8. The van der Waals surface area contributed by atoms with Crippen molar-refractivity contribution in [3.05, 3.63) is 24.3 Å². The molecule has 0 aromatic heterocycles. The Balaban J connectivity index is 5.28. The first-order chi connectivity index (χ1) is 8.65. The number of carbonyl (C=O) groups is 1. The number of hydrogen-bond donors (Lipinski definition) is 0. The van der Waals surface area contributed by atoms with E-state index in [2.05, 4.69) is 33.9 Å². The molecule has 0 radical (unpaired) electrons. The van der Waals surface area contributed by atoms with Gasteiger partial charge in [0.1, 0.15) is 5.60 Å². The van der Waals surface area contributed by atoms with E-state index in [1.54, 1.807) is 6.92 Å². The topological polar surface area (TPSA) is 26.3 Å². The van der Waals surface area contributed by atoms with Crippen LogP contribution < -0.4 is 0 Å². The number of allylic oxidation sites excluding steroid dienone is 1. The standard InChI is InChI=1S/C17H30O2/c1-9-14(6)12-17(10-2,11-3)16(7,8)19-15(18)13(4)5/h4,6,9-12H2,1-3,5,7-8H3. The van der Waals surface area contributed by atoms with E-state index in [-0.39, 0.29) is 11.4 Å². The number of ether oxygens (including phenoxy) is 1. The van der Waals surface area contributed by atoms with Crippen LogP contribution in [0, 0.1) is 5.41 Å². The van der Waals surface area contributed by atoms with Gasteiger partial charge in [0.15, 0.2) is 0 Å². The normalized spacial score (nSPS) is 12.1. The molecular weight excluding hydrogens is 236 g/mol. The molecule has 0 spiro atoms. The Morgan fingerprint density at radius 1 is 1.11 bits per heavy atom. The van der Waals surface area contributed by atoms with E-state index in [0.717, 1.165) is 25.7 Å². The summed E-state index contributed by atoms with van der Waals surface area (Å²) in [5.74, 6) is -0.307. The molecule has 0 atom stereocenters. The summed E-state index contributed by atoms with van der Waals surface area (Å²) in [7, 11) is 0. The van der Waals surface area contributed by atoms with Crippen molar-refractivity contribution in [2.45, 2.75) is 72.8 Å². The second-order valence-corrected chi connectivity index (χ2v) is 5.95. The van der Waals surface area contributed by atoms with Gasteiger partial charge in [0.25, 0.3) is 0 Å². The first-order valence-electron chi connectivity index (χ1n) is 7.21. The SMILES string of the molecule is C=C(CC)CC(CC)(CC)C(C)(C)OC(=O)C(=C)C. The molecule has 0 fully saturated rings. The van der Waals surface area contributed by atoms with Crippen molar-refractivity contribution in [1.29, 1.82) is 0 Å². The number of rotatable bonds is 8. The molecule has 0 aliphatic heterocycles. The third kappa shape index (κ3) is 4.22. The van der Waals surface area contributed by atoms with Crippen LogP contribution in [0.3, 0.4) is 0 Å². The molecule has 0 amide bonds. The number of carbonyl (C=O) groups excluding carboxylic acids is 1. The van der Waals surface area contributed by atoms with Crippen LogP contribution >= 0.6 is 0 Å². The van der Waals surface area contributed by atoms with Gasteiger partial charge in [-0.05, 0) is 46.5 Å².